The molecule has 3 aromatic rings. The van der Waals surface area contributed by atoms with Crippen LogP contribution in [0, 0.1) is 0 Å². The van der Waals surface area contributed by atoms with Gasteiger partial charge in [0.2, 0.25) is 5.88 Å². The Hall–Kier alpha value is -1.52. The third kappa shape index (κ3) is 2.33. The van der Waals surface area contributed by atoms with Gasteiger partial charge in [-0.3, -0.25) is 4.40 Å². The van der Waals surface area contributed by atoms with Gasteiger partial charge in [-0.2, -0.15) is 4.98 Å². The molecule has 2 aromatic heterocycles. The minimum absolute atomic E-state index is 0.376. The second-order valence-electron chi connectivity index (χ2n) is 4.16. The van der Waals surface area contributed by atoms with E-state index in [1.165, 1.54) is 5.56 Å². The summed E-state index contributed by atoms with van der Waals surface area (Å²) in [4.78, 5) is 5.37. The molecule has 3 nitrogen and oxygen atoms in total. The number of aryl methyl sites for hydroxylation is 1. The fourth-order valence-corrected chi connectivity index (χ4v) is 2.92. The maximum Gasteiger partial charge on any atom is 0.243 e. The van der Waals surface area contributed by atoms with Crippen molar-refractivity contribution in [2.45, 2.75) is 19.2 Å². The van der Waals surface area contributed by atoms with Gasteiger partial charge in [0.15, 0.2) is 4.96 Å². The van der Waals surface area contributed by atoms with Crippen LogP contribution in [0.4, 0.5) is 0 Å². The molecule has 0 N–H and O–H groups in total. The molecule has 0 radical (unpaired) electrons. The average molecular weight is 293 g/mol. The number of rotatable bonds is 4. The summed E-state index contributed by atoms with van der Waals surface area (Å²) in [7, 11) is 0. The summed E-state index contributed by atoms with van der Waals surface area (Å²) in [5, 5.41) is 1.99. The highest BCUT2D eigenvalue weighted by Crippen LogP contribution is 2.29. The van der Waals surface area contributed by atoms with Gasteiger partial charge in [-0.05, 0) is 24.1 Å². The van der Waals surface area contributed by atoms with Crippen LogP contribution in [0.5, 0.6) is 11.6 Å². The largest absolute Gasteiger partial charge is 0.437 e. The summed E-state index contributed by atoms with van der Waals surface area (Å²) < 4.78 is 7.85. The highest BCUT2D eigenvalue weighted by atomic mass is 35.5. The monoisotopic (exact) mass is 292 g/mol. The Bertz CT molecular complexity index is 704. The molecule has 0 saturated heterocycles. The molecular formula is C14H13ClN2OS. The van der Waals surface area contributed by atoms with Crippen molar-refractivity contribution in [3.8, 4) is 11.6 Å². The number of fused-ring (bicyclic) bond motifs is 1. The van der Waals surface area contributed by atoms with E-state index >= 15 is 0 Å². The molecule has 98 valence electrons. The van der Waals surface area contributed by atoms with Crippen molar-refractivity contribution in [3.63, 3.8) is 0 Å². The number of halogens is 1. The number of imidazole rings is 1. The fourth-order valence-electron chi connectivity index (χ4n) is 1.96. The van der Waals surface area contributed by atoms with Crippen LogP contribution in [-0.2, 0) is 12.3 Å². The summed E-state index contributed by atoms with van der Waals surface area (Å²) in [6, 6.07) is 8.05. The fraction of sp³-hybridized carbons (Fsp3) is 0.214. The highest BCUT2D eigenvalue weighted by molar-refractivity contribution is 7.15. The zero-order valence-electron chi connectivity index (χ0n) is 10.5. The molecule has 0 amide bonds. The van der Waals surface area contributed by atoms with E-state index in [0.717, 1.165) is 22.8 Å². The first kappa shape index (κ1) is 12.5. The van der Waals surface area contributed by atoms with Crippen molar-refractivity contribution < 1.29 is 4.74 Å². The lowest BCUT2D eigenvalue weighted by molar-refractivity contribution is 0.461. The molecule has 0 aliphatic heterocycles. The second-order valence-corrected chi connectivity index (χ2v) is 5.30. The molecule has 1 aromatic carbocycles. The Labute approximate surface area is 120 Å². The molecule has 0 bridgehead atoms. The molecule has 0 aliphatic rings. The van der Waals surface area contributed by atoms with Crippen LogP contribution in [0.2, 0.25) is 0 Å². The van der Waals surface area contributed by atoms with Gasteiger partial charge in [0, 0.05) is 11.6 Å². The number of benzene rings is 1. The van der Waals surface area contributed by atoms with E-state index in [4.69, 9.17) is 16.3 Å². The molecule has 3 rings (SSSR count). The molecule has 0 aliphatic carbocycles. The molecule has 0 saturated carbocycles. The lowest BCUT2D eigenvalue weighted by Gasteiger charge is -2.05. The van der Waals surface area contributed by atoms with E-state index in [1.807, 2.05) is 34.2 Å². The van der Waals surface area contributed by atoms with Crippen LogP contribution in [0.1, 0.15) is 18.2 Å². The van der Waals surface area contributed by atoms with E-state index in [9.17, 15) is 0 Å². The van der Waals surface area contributed by atoms with E-state index in [2.05, 4.69) is 18.0 Å². The first-order valence-corrected chi connectivity index (χ1v) is 7.50. The second kappa shape index (κ2) is 5.23. The van der Waals surface area contributed by atoms with Crippen LogP contribution in [-0.4, -0.2) is 9.38 Å². The number of hydrogen-bond donors (Lipinski definition) is 0. The van der Waals surface area contributed by atoms with Gasteiger partial charge in [-0.15, -0.1) is 22.9 Å². The SMILES string of the molecule is CCc1cccc(Oc2nc3sccn3c2CCl)c1. The predicted molar refractivity (Wildman–Crippen MR) is 78.5 cm³/mol. The third-order valence-corrected chi connectivity index (χ3v) is 3.98. The molecule has 2 heterocycles. The van der Waals surface area contributed by atoms with Crippen molar-refractivity contribution >= 4 is 27.9 Å². The van der Waals surface area contributed by atoms with Crippen molar-refractivity contribution in [1.82, 2.24) is 9.38 Å². The molecule has 19 heavy (non-hydrogen) atoms. The molecular weight excluding hydrogens is 280 g/mol. The molecule has 0 fully saturated rings. The number of nitrogens with zero attached hydrogens (tertiary/aromatic N) is 2. The predicted octanol–water partition coefficient (Wildman–Crippen LogP) is 4.49. The van der Waals surface area contributed by atoms with Crippen LogP contribution >= 0.6 is 22.9 Å². The maximum absolute atomic E-state index is 6.00. The Kier molecular flexibility index (Phi) is 3.44. The minimum atomic E-state index is 0.376. The van der Waals surface area contributed by atoms with E-state index < -0.39 is 0 Å². The van der Waals surface area contributed by atoms with Gasteiger partial charge in [-0.1, -0.05) is 19.1 Å². The van der Waals surface area contributed by atoms with Crippen molar-refractivity contribution in [3.05, 3.63) is 47.1 Å². The highest BCUT2D eigenvalue weighted by Gasteiger charge is 2.14. The summed E-state index contributed by atoms with van der Waals surface area (Å²) >= 11 is 7.57. The zero-order chi connectivity index (χ0) is 13.2. The van der Waals surface area contributed by atoms with E-state index in [0.29, 0.717) is 11.8 Å². The van der Waals surface area contributed by atoms with Gasteiger partial charge in [0.05, 0.1) is 5.88 Å². The smallest absolute Gasteiger partial charge is 0.243 e. The van der Waals surface area contributed by atoms with Gasteiger partial charge in [-0.25, -0.2) is 0 Å². The number of thiazole rings is 1. The summed E-state index contributed by atoms with van der Waals surface area (Å²) in [6.07, 6.45) is 2.94. The van der Waals surface area contributed by atoms with Crippen molar-refractivity contribution in [2.24, 2.45) is 0 Å². The topological polar surface area (TPSA) is 26.5 Å². The molecule has 0 atom stereocenters. The van der Waals surface area contributed by atoms with Gasteiger partial charge < -0.3 is 4.74 Å². The van der Waals surface area contributed by atoms with Crippen LogP contribution in [0.15, 0.2) is 35.8 Å². The first-order chi connectivity index (χ1) is 9.31. The Balaban J connectivity index is 1.97. The minimum Gasteiger partial charge on any atom is -0.437 e. The van der Waals surface area contributed by atoms with Crippen LogP contribution in [0.3, 0.4) is 0 Å². The number of hydrogen-bond acceptors (Lipinski definition) is 3. The Morgan fingerprint density at radius 3 is 3.11 bits per heavy atom. The normalized spacial score (nSPS) is 11.1. The average Bonchev–Trinajstić information content (AvgIpc) is 2.99. The van der Waals surface area contributed by atoms with Gasteiger partial charge in [0.25, 0.3) is 0 Å². The van der Waals surface area contributed by atoms with E-state index in [1.54, 1.807) is 11.3 Å². The van der Waals surface area contributed by atoms with Crippen molar-refractivity contribution in [2.75, 3.05) is 0 Å². The third-order valence-electron chi connectivity index (χ3n) is 2.97. The van der Waals surface area contributed by atoms with Crippen LogP contribution in [0.25, 0.3) is 4.96 Å². The lowest BCUT2D eigenvalue weighted by Crippen LogP contribution is -1.91. The van der Waals surface area contributed by atoms with Gasteiger partial charge >= 0.3 is 0 Å². The lowest BCUT2D eigenvalue weighted by atomic mass is 10.2. The summed E-state index contributed by atoms with van der Waals surface area (Å²) in [5.41, 5.74) is 2.13. The summed E-state index contributed by atoms with van der Waals surface area (Å²) in [5.74, 6) is 1.77. The Morgan fingerprint density at radius 2 is 2.32 bits per heavy atom. The first-order valence-electron chi connectivity index (χ1n) is 6.09. The Morgan fingerprint density at radius 1 is 1.42 bits per heavy atom. The molecule has 0 unspecified atom stereocenters. The zero-order valence-corrected chi connectivity index (χ0v) is 12.0. The van der Waals surface area contributed by atoms with Crippen LogP contribution < -0.4 is 4.74 Å². The molecule has 0 spiro atoms. The maximum atomic E-state index is 6.00. The number of alkyl halides is 1. The quantitative estimate of drug-likeness (QED) is 0.662. The summed E-state index contributed by atoms with van der Waals surface area (Å²) in [6.45, 7) is 2.12. The number of aromatic nitrogens is 2. The van der Waals surface area contributed by atoms with Gasteiger partial charge in [0.1, 0.15) is 11.4 Å². The molecule has 5 heteroatoms. The standard InChI is InChI=1S/C14H13ClN2OS/c1-2-10-4-3-5-11(8-10)18-13-12(9-15)17-6-7-19-14(17)16-13/h3-8H,2,9H2,1H3. The van der Waals surface area contributed by atoms with Crippen molar-refractivity contribution in [1.29, 1.82) is 0 Å². The van der Waals surface area contributed by atoms with E-state index in [-0.39, 0.29) is 0 Å². The number of ether oxygens (including phenoxy) is 1.